The van der Waals surface area contributed by atoms with Gasteiger partial charge >= 0.3 is 0 Å². The van der Waals surface area contributed by atoms with Gasteiger partial charge in [0.05, 0.1) is 32.6 Å². The van der Waals surface area contributed by atoms with Crippen LogP contribution in [0.5, 0.6) is 17.2 Å². The zero-order valence-electron chi connectivity index (χ0n) is 19.6. The first-order valence-corrected chi connectivity index (χ1v) is 11.7. The number of nitrogens with zero attached hydrogens (tertiary/aromatic N) is 1. The van der Waals surface area contributed by atoms with Crippen molar-refractivity contribution in [2.45, 2.75) is 32.6 Å². The Morgan fingerprint density at radius 1 is 1.06 bits per heavy atom. The molecule has 1 saturated heterocycles. The van der Waals surface area contributed by atoms with Gasteiger partial charge in [-0.15, -0.1) is 0 Å². The number of aromatic nitrogens is 1. The van der Waals surface area contributed by atoms with Crippen LogP contribution in [0.3, 0.4) is 0 Å². The predicted molar refractivity (Wildman–Crippen MR) is 131 cm³/mol. The third-order valence-electron chi connectivity index (χ3n) is 6.15. The van der Waals surface area contributed by atoms with Crippen molar-refractivity contribution in [1.29, 1.82) is 0 Å². The summed E-state index contributed by atoms with van der Waals surface area (Å²) < 4.78 is 16.7. The van der Waals surface area contributed by atoms with E-state index in [2.05, 4.69) is 33.5 Å². The smallest absolute Gasteiger partial charge is 0.238 e. The minimum absolute atomic E-state index is 0.0418. The number of piperidine rings is 1. The molecule has 0 atom stereocenters. The molecule has 2 N–H and O–H groups in total. The first kappa shape index (κ1) is 23.0. The zero-order chi connectivity index (χ0) is 23.2. The molecule has 1 amide bonds. The number of likely N-dealkylation sites (tertiary alicyclic amines) is 1. The van der Waals surface area contributed by atoms with Crippen LogP contribution in [-0.2, 0) is 4.79 Å². The molecule has 0 radical (unpaired) electrons. The molecule has 7 nitrogen and oxygen atoms in total. The molecular formula is C26H33N3O4. The van der Waals surface area contributed by atoms with Gasteiger partial charge in [-0.2, -0.15) is 0 Å². The number of hydrogen-bond donors (Lipinski definition) is 2. The van der Waals surface area contributed by atoms with E-state index in [1.165, 1.54) is 10.9 Å². The number of amides is 1. The number of ether oxygens (including phenoxy) is 3. The summed E-state index contributed by atoms with van der Waals surface area (Å²) in [6, 6.07) is 11.7. The number of carbonyl (C=O) groups excluding carboxylic acids is 1. The number of hydrogen-bond acceptors (Lipinski definition) is 5. The van der Waals surface area contributed by atoms with E-state index in [1.807, 2.05) is 38.1 Å². The van der Waals surface area contributed by atoms with E-state index in [4.69, 9.17) is 14.2 Å². The molecule has 1 aromatic heterocycles. The summed E-state index contributed by atoms with van der Waals surface area (Å²) in [7, 11) is 1.70. The lowest BCUT2D eigenvalue weighted by molar-refractivity contribution is -0.117. The molecule has 33 heavy (non-hydrogen) atoms. The SMILES string of the molecule is CCOc1ccc(OCC)c(NC(=O)CN2CCC(c3c[nH]c4ccc(OC)cc34)CC2)c1. The molecule has 2 heterocycles. The van der Waals surface area contributed by atoms with Crippen LogP contribution in [-0.4, -0.2) is 55.7 Å². The van der Waals surface area contributed by atoms with Crippen molar-refractivity contribution in [3.63, 3.8) is 0 Å². The molecule has 3 aromatic rings. The molecule has 7 heteroatoms. The third kappa shape index (κ3) is 5.42. The molecular weight excluding hydrogens is 418 g/mol. The van der Waals surface area contributed by atoms with E-state index in [0.717, 1.165) is 37.2 Å². The predicted octanol–water partition coefficient (Wildman–Crippen LogP) is 4.79. The van der Waals surface area contributed by atoms with Crippen LogP contribution < -0.4 is 19.5 Å². The monoisotopic (exact) mass is 451 g/mol. The Kier molecular flexibility index (Phi) is 7.40. The van der Waals surface area contributed by atoms with Crippen LogP contribution in [0, 0.1) is 0 Å². The Morgan fingerprint density at radius 3 is 2.55 bits per heavy atom. The van der Waals surface area contributed by atoms with Gasteiger partial charge in [0.25, 0.3) is 0 Å². The highest BCUT2D eigenvalue weighted by molar-refractivity contribution is 5.94. The van der Waals surface area contributed by atoms with E-state index in [-0.39, 0.29) is 5.91 Å². The average molecular weight is 452 g/mol. The largest absolute Gasteiger partial charge is 0.497 e. The van der Waals surface area contributed by atoms with Crippen LogP contribution in [0.4, 0.5) is 5.69 Å². The maximum Gasteiger partial charge on any atom is 0.238 e. The van der Waals surface area contributed by atoms with E-state index >= 15 is 0 Å². The summed E-state index contributed by atoms with van der Waals surface area (Å²) in [4.78, 5) is 18.4. The summed E-state index contributed by atoms with van der Waals surface area (Å²) >= 11 is 0. The van der Waals surface area contributed by atoms with Crippen LogP contribution in [0.1, 0.15) is 38.2 Å². The maximum absolute atomic E-state index is 12.8. The van der Waals surface area contributed by atoms with E-state index in [9.17, 15) is 4.79 Å². The molecule has 0 unspecified atom stereocenters. The van der Waals surface area contributed by atoms with Gasteiger partial charge in [0.2, 0.25) is 5.91 Å². The lowest BCUT2D eigenvalue weighted by Gasteiger charge is -2.31. The van der Waals surface area contributed by atoms with E-state index in [1.54, 1.807) is 7.11 Å². The van der Waals surface area contributed by atoms with Crippen molar-refractivity contribution in [2.75, 3.05) is 45.3 Å². The van der Waals surface area contributed by atoms with E-state index in [0.29, 0.717) is 42.9 Å². The van der Waals surface area contributed by atoms with Gasteiger partial charge in [-0.3, -0.25) is 9.69 Å². The summed E-state index contributed by atoms with van der Waals surface area (Å²) in [6.45, 7) is 7.08. The quantitative estimate of drug-likeness (QED) is 0.489. The maximum atomic E-state index is 12.8. The van der Waals surface area contributed by atoms with Gasteiger partial charge in [0.15, 0.2) is 0 Å². The molecule has 176 valence electrons. The molecule has 1 aliphatic rings. The Balaban J connectivity index is 1.36. The second-order valence-corrected chi connectivity index (χ2v) is 8.28. The van der Waals surface area contributed by atoms with Crippen LogP contribution in [0.25, 0.3) is 10.9 Å². The van der Waals surface area contributed by atoms with Crippen LogP contribution in [0.15, 0.2) is 42.6 Å². The average Bonchev–Trinajstić information content (AvgIpc) is 3.24. The molecule has 4 rings (SSSR count). The second-order valence-electron chi connectivity index (χ2n) is 8.28. The number of rotatable bonds is 9. The van der Waals surface area contributed by atoms with Crippen molar-refractivity contribution in [2.24, 2.45) is 0 Å². The Morgan fingerprint density at radius 2 is 1.82 bits per heavy atom. The third-order valence-corrected chi connectivity index (χ3v) is 6.15. The topological polar surface area (TPSA) is 75.8 Å². The van der Waals surface area contributed by atoms with Gasteiger partial charge in [0.1, 0.15) is 17.2 Å². The van der Waals surface area contributed by atoms with Gasteiger partial charge in [-0.25, -0.2) is 0 Å². The minimum Gasteiger partial charge on any atom is -0.497 e. The van der Waals surface area contributed by atoms with Gasteiger partial charge < -0.3 is 24.5 Å². The number of carbonyl (C=O) groups is 1. The Labute approximate surface area is 195 Å². The summed E-state index contributed by atoms with van der Waals surface area (Å²) in [6.07, 6.45) is 4.15. The lowest BCUT2D eigenvalue weighted by atomic mass is 9.89. The van der Waals surface area contributed by atoms with Crippen molar-refractivity contribution >= 4 is 22.5 Å². The number of aromatic amines is 1. The van der Waals surface area contributed by atoms with Crippen LogP contribution >= 0.6 is 0 Å². The standard InChI is InChI=1S/C26H33N3O4/c1-4-32-20-7-9-25(33-5-2)24(15-20)28-26(30)17-29-12-10-18(11-13-29)22-16-27-23-8-6-19(31-3)14-21(22)23/h6-9,14-16,18,27H,4-5,10-13,17H2,1-3H3,(H,28,30). The number of benzene rings is 2. The summed E-state index contributed by atoms with van der Waals surface area (Å²) in [5.74, 6) is 2.67. The number of anilines is 1. The molecule has 1 aliphatic heterocycles. The molecule has 0 aliphatic carbocycles. The normalized spacial score (nSPS) is 14.9. The minimum atomic E-state index is -0.0418. The Hall–Kier alpha value is -3.19. The molecule has 0 saturated carbocycles. The number of nitrogens with one attached hydrogen (secondary N) is 2. The first-order valence-electron chi connectivity index (χ1n) is 11.7. The van der Waals surface area contributed by atoms with Crippen molar-refractivity contribution in [3.05, 3.63) is 48.2 Å². The summed E-state index contributed by atoms with van der Waals surface area (Å²) in [5, 5.41) is 4.24. The number of H-pyrrole nitrogens is 1. The summed E-state index contributed by atoms with van der Waals surface area (Å²) in [5.41, 5.74) is 3.12. The van der Waals surface area contributed by atoms with Crippen molar-refractivity contribution < 1.29 is 19.0 Å². The molecule has 0 spiro atoms. The number of methoxy groups -OCH3 is 1. The van der Waals surface area contributed by atoms with Crippen molar-refractivity contribution in [3.8, 4) is 17.2 Å². The highest BCUT2D eigenvalue weighted by Gasteiger charge is 2.24. The lowest BCUT2D eigenvalue weighted by Crippen LogP contribution is -2.38. The molecule has 1 fully saturated rings. The number of fused-ring (bicyclic) bond motifs is 1. The Bertz CT molecular complexity index is 1090. The highest BCUT2D eigenvalue weighted by atomic mass is 16.5. The van der Waals surface area contributed by atoms with Crippen LogP contribution in [0.2, 0.25) is 0 Å². The zero-order valence-corrected chi connectivity index (χ0v) is 19.6. The van der Waals surface area contributed by atoms with E-state index < -0.39 is 0 Å². The second kappa shape index (κ2) is 10.6. The van der Waals surface area contributed by atoms with Gasteiger partial charge in [-0.1, -0.05) is 0 Å². The van der Waals surface area contributed by atoms with Gasteiger partial charge in [-0.05, 0) is 81.6 Å². The molecule has 0 bridgehead atoms. The van der Waals surface area contributed by atoms with Gasteiger partial charge in [0, 0.05) is 23.2 Å². The fourth-order valence-corrected chi connectivity index (χ4v) is 4.53. The fourth-order valence-electron chi connectivity index (χ4n) is 4.53. The van der Waals surface area contributed by atoms with Crippen molar-refractivity contribution in [1.82, 2.24) is 9.88 Å². The molecule has 2 aromatic carbocycles. The first-order chi connectivity index (χ1) is 16.1. The highest BCUT2D eigenvalue weighted by Crippen LogP contribution is 2.35. The fraction of sp³-hybridized carbons (Fsp3) is 0.423.